The van der Waals surface area contributed by atoms with Crippen LogP contribution in [0.5, 0.6) is 0 Å². The van der Waals surface area contributed by atoms with E-state index in [1.54, 1.807) is 9.80 Å². The molecular formula is C21H23N5O4. The molecule has 2 aliphatic heterocycles. The molecule has 4 rings (SSSR count). The molecule has 0 atom stereocenters. The first-order valence-corrected chi connectivity index (χ1v) is 9.90. The summed E-state index contributed by atoms with van der Waals surface area (Å²) in [5.74, 6) is -0.541. The summed E-state index contributed by atoms with van der Waals surface area (Å²) < 4.78 is 0. The number of aliphatic hydroxyl groups excluding tert-OH is 1. The molecule has 0 bridgehead atoms. The molecule has 1 N–H and O–H groups in total. The summed E-state index contributed by atoms with van der Waals surface area (Å²) in [5, 5.41) is 9.34. The molecule has 2 aliphatic rings. The van der Waals surface area contributed by atoms with Crippen LogP contribution in [0.4, 0.5) is 4.79 Å². The molecule has 3 heterocycles. The van der Waals surface area contributed by atoms with Gasteiger partial charge < -0.3 is 14.9 Å². The van der Waals surface area contributed by atoms with Crippen molar-refractivity contribution in [2.75, 3.05) is 26.2 Å². The molecule has 9 nitrogen and oxygen atoms in total. The predicted octanol–water partition coefficient (Wildman–Crippen LogP) is 0.908. The number of nitrogens with zero attached hydrogens (tertiary/aromatic N) is 5. The Labute approximate surface area is 173 Å². The van der Waals surface area contributed by atoms with Crippen LogP contribution >= 0.6 is 0 Å². The zero-order chi connectivity index (χ0) is 21.1. The third kappa shape index (κ3) is 3.41. The molecule has 1 aromatic heterocycles. The van der Waals surface area contributed by atoms with E-state index in [1.165, 1.54) is 18.6 Å². The van der Waals surface area contributed by atoms with Crippen LogP contribution in [0.1, 0.15) is 28.9 Å². The molecule has 0 radical (unpaired) electrons. The van der Waals surface area contributed by atoms with E-state index < -0.39 is 11.6 Å². The first-order chi connectivity index (χ1) is 14.6. The molecule has 0 unspecified atom stereocenters. The van der Waals surface area contributed by atoms with Crippen molar-refractivity contribution in [1.82, 2.24) is 24.7 Å². The van der Waals surface area contributed by atoms with Gasteiger partial charge >= 0.3 is 6.03 Å². The van der Waals surface area contributed by atoms with Crippen molar-refractivity contribution < 1.29 is 19.5 Å². The summed E-state index contributed by atoms with van der Waals surface area (Å²) in [6, 6.07) is 9.09. The summed E-state index contributed by atoms with van der Waals surface area (Å²) in [7, 11) is 0. The largest absolute Gasteiger partial charge is 0.395 e. The Hall–Kier alpha value is -3.33. The minimum atomic E-state index is -1.01. The average molecular weight is 409 g/mol. The Bertz CT molecular complexity index is 929. The van der Waals surface area contributed by atoms with Crippen molar-refractivity contribution >= 4 is 17.8 Å². The number of hydrogen-bond acceptors (Lipinski definition) is 6. The molecule has 1 spiro atoms. The molecule has 30 heavy (non-hydrogen) atoms. The Balaban J connectivity index is 1.57. The third-order valence-electron chi connectivity index (χ3n) is 5.79. The number of aromatic nitrogens is 2. The highest BCUT2D eigenvalue weighted by atomic mass is 16.3. The second-order valence-electron chi connectivity index (χ2n) is 7.45. The number of hydrogen-bond donors (Lipinski definition) is 1. The van der Waals surface area contributed by atoms with Gasteiger partial charge in [-0.2, -0.15) is 0 Å². The SMILES string of the molecule is O=C(c1cnccn1)N1CCC2(CC1)C(=O)N(CCO)C(=O)N2Cc1ccccc1. The first-order valence-electron chi connectivity index (χ1n) is 9.90. The van der Waals surface area contributed by atoms with Gasteiger partial charge in [-0.05, 0) is 18.4 Å². The number of aliphatic hydroxyl groups is 1. The quantitative estimate of drug-likeness (QED) is 0.736. The molecular weight excluding hydrogens is 386 g/mol. The standard InChI is InChI=1S/C21H23N5O4/c27-13-12-25-19(29)21(26(20(25)30)15-16-4-2-1-3-5-16)6-10-24(11-7-21)18(28)17-14-22-8-9-23-17/h1-5,8-9,14,27H,6-7,10-13,15H2. The van der Waals surface area contributed by atoms with Crippen LogP contribution in [-0.2, 0) is 11.3 Å². The number of likely N-dealkylation sites (tertiary alicyclic amines) is 1. The van der Waals surface area contributed by atoms with E-state index in [4.69, 9.17) is 0 Å². The Morgan fingerprint density at radius 2 is 1.83 bits per heavy atom. The van der Waals surface area contributed by atoms with Gasteiger partial charge in [-0.15, -0.1) is 0 Å². The summed E-state index contributed by atoms with van der Waals surface area (Å²) in [5.41, 5.74) is 0.161. The fourth-order valence-electron chi connectivity index (χ4n) is 4.20. The minimum Gasteiger partial charge on any atom is -0.395 e. The highest BCUT2D eigenvalue weighted by Crippen LogP contribution is 2.38. The molecule has 0 aliphatic carbocycles. The molecule has 1 aromatic carbocycles. The zero-order valence-corrected chi connectivity index (χ0v) is 16.5. The van der Waals surface area contributed by atoms with Crippen molar-refractivity contribution in [2.24, 2.45) is 0 Å². The number of imide groups is 1. The number of piperidine rings is 1. The summed E-state index contributed by atoms with van der Waals surface area (Å²) in [6.07, 6.45) is 5.05. The van der Waals surface area contributed by atoms with Crippen molar-refractivity contribution in [3.05, 3.63) is 60.2 Å². The third-order valence-corrected chi connectivity index (χ3v) is 5.79. The maximum absolute atomic E-state index is 13.3. The Kier molecular flexibility index (Phi) is 5.45. The number of benzene rings is 1. The van der Waals surface area contributed by atoms with Crippen LogP contribution in [0.15, 0.2) is 48.9 Å². The summed E-state index contributed by atoms with van der Waals surface area (Å²) >= 11 is 0. The Morgan fingerprint density at radius 1 is 1.10 bits per heavy atom. The first kappa shape index (κ1) is 20.0. The van der Waals surface area contributed by atoms with Crippen LogP contribution in [0.2, 0.25) is 0 Å². The second-order valence-corrected chi connectivity index (χ2v) is 7.45. The highest BCUT2D eigenvalue weighted by molar-refractivity contribution is 6.07. The topological polar surface area (TPSA) is 107 Å². The van der Waals surface area contributed by atoms with Crippen LogP contribution in [-0.4, -0.2) is 79.4 Å². The summed E-state index contributed by atoms with van der Waals surface area (Å²) in [6.45, 7) is 0.627. The van der Waals surface area contributed by atoms with Gasteiger partial charge in [-0.3, -0.25) is 19.5 Å². The normalized spacial score (nSPS) is 18.4. The Morgan fingerprint density at radius 3 is 2.47 bits per heavy atom. The van der Waals surface area contributed by atoms with Crippen molar-refractivity contribution in [3.8, 4) is 0 Å². The molecule has 4 amide bonds. The molecule has 9 heteroatoms. The lowest BCUT2D eigenvalue weighted by molar-refractivity contribution is -0.135. The van der Waals surface area contributed by atoms with Crippen LogP contribution in [0.3, 0.4) is 0 Å². The maximum atomic E-state index is 13.3. The van der Waals surface area contributed by atoms with Gasteiger partial charge in [-0.25, -0.2) is 9.78 Å². The van der Waals surface area contributed by atoms with Crippen LogP contribution < -0.4 is 0 Å². The smallest absolute Gasteiger partial charge is 0.328 e. The molecule has 0 saturated carbocycles. The maximum Gasteiger partial charge on any atom is 0.328 e. The van der Waals surface area contributed by atoms with Gasteiger partial charge in [0.15, 0.2) is 0 Å². The lowest BCUT2D eigenvalue weighted by atomic mass is 9.85. The summed E-state index contributed by atoms with van der Waals surface area (Å²) in [4.78, 5) is 51.4. The van der Waals surface area contributed by atoms with Gasteiger partial charge in [-0.1, -0.05) is 30.3 Å². The van der Waals surface area contributed by atoms with Gasteiger partial charge in [0.05, 0.1) is 19.3 Å². The lowest BCUT2D eigenvalue weighted by Gasteiger charge is -2.42. The number of amides is 4. The van der Waals surface area contributed by atoms with E-state index in [9.17, 15) is 19.5 Å². The van der Waals surface area contributed by atoms with Crippen molar-refractivity contribution in [3.63, 3.8) is 0 Å². The fraction of sp³-hybridized carbons (Fsp3) is 0.381. The van der Waals surface area contributed by atoms with Crippen molar-refractivity contribution in [1.29, 1.82) is 0 Å². The highest BCUT2D eigenvalue weighted by Gasteiger charge is 2.58. The lowest BCUT2D eigenvalue weighted by Crippen LogP contribution is -2.57. The fourth-order valence-corrected chi connectivity index (χ4v) is 4.20. The number of carbonyl (C=O) groups is 3. The van der Waals surface area contributed by atoms with Gasteiger partial charge in [0.1, 0.15) is 11.2 Å². The number of β-amino-alcohol motifs (C(OH)–C–C–N with tert-alkyl or cyclic N) is 1. The van der Waals surface area contributed by atoms with E-state index in [0.29, 0.717) is 32.5 Å². The van der Waals surface area contributed by atoms with Gasteiger partial charge in [0, 0.05) is 32.0 Å². The van der Waals surface area contributed by atoms with Crippen LogP contribution in [0, 0.1) is 0 Å². The number of rotatable bonds is 5. The number of carbonyl (C=O) groups excluding carboxylic acids is 3. The monoisotopic (exact) mass is 409 g/mol. The van der Waals surface area contributed by atoms with E-state index in [0.717, 1.165) is 10.5 Å². The second kappa shape index (κ2) is 8.19. The van der Waals surface area contributed by atoms with E-state index in [-0.39, 0.29) is 30.7 Å². The minimum absolute atomic E-state index is 0.0348. The molecule has 2 fully saturated rings. The molecule has 2 aromatic rings. The molecule has 156 valence electrons. The van der Waals surface area contributed by atoms with E-state index in [1.807, 2.05) is 30.3 Å². The van der Waals surface area contributed by atoms with E-state index >= 15 is 0 Å². The predicted molar refractivity (Wildman–Crippen MR) is 106 cm³/mol. The zero-order valence-electron chi connectivity index (χ0n) is 16.5. The molecule has 2 saturated heterocycles. The number of urea groups is 1. The van der Waals surface area contributed by atoms with Gasteiger partial charge in [0.25, 0.3) is 11.8 Å². The van der Waals surface area contributed by atoms with Crippen molar-refractivity contribution in [2.45, 2.75) is 24.9 Å². The average Bonchev–Trinajstić information content (AvgIpc) is 2.97. The van der Waals surface area contributed by atoms with E-state index in [2.05, 4.69) is 9.97 Å². The van der Waals surface area contributed by atoms with Crippen LogP contribution in [0.25, 0.3) is 0 Å². The van der Waals surface area contributed by atoms with Gasteiger partial charge in [0.2, 0.25) is 0 Å².